The minimum Gasteiger partial charge on any atom is -0.454 e. The minimum absolute atomic E-state index is 0.647. The third kappa shape index (κ3) is 2.13. The zero-order valence-electron chi connectivity index (χ0n) is 15.0. The summed E-state index contributed by atoms with van der Waals surface area (Å²) in [5.41, 5.74) is 4.87. The highest BCUT2D eigenvalue weighted by molar-refractivity contribution is 6.10. The maximum absolute atomic E-state index is 6.25. The molecule has 3 aromatic carbocycles. The molecule has 1 aliphatic heterocycles. The summed E-state index contributed by atoms with van der Waals surface area (Å²) in [6, 6.07) is 24.7. The first-order valence-corrected chi connectivity index (χ1v) is 9.20. The van der Waals surface area contributed by atoms with Gasteiger partial charge in [0.05, 0.1) is 11.9 Å². The number of rotatable bonds is 2. The molecule has 6 rings (SSSR count). The van der Waals surface area contributed by atoms with Crippen LogP contribution in [0.3, 0.4) is 0 Å². The zero-order chi connectivity index (χ0) is 18.5. The lowest BCUT2D eigenvalue weighted by atomic mass is 10.1. The smallest absolute Gasteiger partial charge is 0.162 e. The molecule has 2 aromatic heterocycles. The number of para-hydroxylation sites is 3. The van der Waals surface area contributed by atoms with Crippen LogP contribution in [0.15, 0.2) is 89.7 Å². The second-order valence-electron chi connectivity index (χ2n) is 6.82. The van der Waals surface area contributed by atoms with Gasteiger partial charge in [0.15, 0.2) is 11.4 Å². The van der Waals surface area contributed by atoms with Crippen LogP contribution in [0.5, 0.6) is 0 Å². The van der Waals surface area contributed by atoms with E-state index in [4.69, 9.17) is 4.42 Å². The Kier molecular flexibility index (Phi) is 3.17. The van der Waals surface area contributed by atoms with Crippen LogP contribution in [0.4, 0.5) is 22.9 Å². The first-order chi connectivity index (χ1) is 13.9. The Balaban J connectivity index is 1.56. The maximum Gasteiger partial charge on any atom is 0.162 e. The van der Waals surface area contributed by atoms with Gasteiger partial charge in [0.1, 0.15) is 24.3 Å². The lowest BCUT2D eigenvalue weighted by Crippen LogP contribution is -2.24. The fourth-order valence-corrected chi connectivity index (χ4v) is 3.96. The van der Waals surface area contributed by atoms with Crippen LogP contribution in [0.1, 0.15) is 0 Å². The van der Waals surface area contributed by atoms with Crippen LogP contribution >= 0.6 is 0 Å². The third-order valence-corrected chi connectivity index (χ3v) is 5.24. The molecule has 0 radical (unpaired) electrons. The highest BCUT2D eigenvalue weighted by Gasteiger charge is 2.31. The van der Waals surface area contributed by atoms with Gasteiger partial charge >= 0.3 is 0 Å². The number of anilines is 4. The minimum atomic E-state index is 0.647. The number of fused-ring (bicyclic) bond motifs is 4. The van der Waals surface area contributed by atoms with E-state index in [1.165, 1.54) is 0 Å². The van der Waals surface area contributed by atoms with Gasteiger partial charge in [-0.3, -0.25) is 0 Å². The standard InChI is InChI=1S/C23H16N4O/c1-2-7-16(8-3-1)26-15-27(20-13-24-14-25-23(20)26)19-11-6-10-18-17-9-4-5-12-21(17)28-22(18)19/h1-14H,15H2. The quantitative estimate of drug-likeness (QED) is 0.407. The Bertz CT molecular complexity index is 1310. The molecule has 0 saturated heterocycles. The van der Waals surface area contributed by atoms with E-state index in [9.17, 15) is 0 Å². The molecule has 1 aliphatic rings. The van der Waals surface area contributed by atoms with Crippen LogP contribution in [0.2, 0.25) is 0 Å². The maximum atomic E-state index is 6.25. The Morgan fingerprint density at radius 1 is 0.750 bits per heavy atom. The van der Waals surface area contributed by atoms with Crippen LogP contribution in [0.25, 0.3) is 21.9 Å². The molecule has 134 valence electrons. The number of hydrogen-bond donors (Lipinski definition) is 0. The van der Waals surface area contributed by atoms with Crippen LogP contribution in [-0.2, 0) is 0 Å². The number of furan rings is 1. The molecular weight excluding hydrogens is 348 g/mol. The van der Waals surface area contributed by atoms with Crippen molar-refractivity contribution in [2.24, 2.45) is 0 Å². The van der Waals surface area contributed by atoms with Crippen molar-refractivity contribution in [3.8, 4) is 0 Å². The number of nitrogens with zero attached hydrogens (tertiary/aromatic N) is 4. The molecule has 5 aromatic rings. The topological polar surface area (TPSA) is 45.4 Å². The molecule has 0 fully saturated rings. The van der Waals surface area contributed by atoms with Crippen molar-refractivity contribution in [3.63, 3.8) is 0 Å². The Hall–Kier alpha value is -3.86. The van der Waals surface area contributed by atoms with Crippen LogP contribution in [0, 0.1) is 0 Å². The lowest BCUT2D eigenvalue weighted by Gasteiger charge is -2.21. The van der Waals surface area contributed by atoms with E-state index in [0.29, 0.717) is 6.67 Å². The fourth-order valence-electron chi connectivity index (χ4n) is 3.96. The molecule has 3 heterocycles. The number of hydrogen-bond acceptors (Lipinski definition) is 5. The molecular formula is C23H16N4O. The van der Waals surface area contributed by atoms with Gasteiger partial charge in [-0.05, 0) is 24.3 Å². The summed E-state index contributed by atoms with van der Waals surface area (Å²) in [5.74, 6) is 0.898. The third-order valence-electron chi connectivity index (χ3n) is 5.24. The van der Waals surface area contributed by atoms with Crippen molar-refractivity contribution in [1.82, 2.24) is 9.97 Å². The first kappa shape index (κ1) is 15.2. The summed E-state index contributed by atoms with van der Waals surface area (Å²) in [6.07, 6.45) is 3.47. The van der Waals surface area contributed by atoms with Crippen LogP contribution in [-0.4, -0.2) is 16.6 Å². The van der Waals surface area contributed by atoms with Gasteiger partial charge in [0.25, 0.3) is 0 Å². The van der Waals surface area contributed by atoms with E-state index in [2.05, 4.69) is 56.2 Å². The summed E-state index contributed by atoms with van der Waals surface area (Å²) in [7, 11) is 0. The molecule has 0 amide bonds. The largest absolute Gasteiger partial charge is 0.454 e. The molecule has 0 aliphatic carbocycles. The van der Waals surface area contributed by atoms with Crippen molar-refractivity contribution in [2.45, 2.75) is 0 Å². The SMILES string of the molecule is c1ccc(N2CN(c3cccc4c3oc3ccccc34)c3cncnc32)cc1. The van der Waals surface area contributed by atoms with Gasteiger partial charge in [0.2, 0.25) is 0 Å². The average Bonchev–Trinajstić information content (AvgIpc) is 3.33. The van der Waals surface area contributed by atoms with Crippen molar-refractivity contribution >= 4 is 44.8 Å². The molecule has 5 heteroatoms. The molecule has 28 heavy (non-hydrogen) atoms. The fraction of sp³-hybridized carbons (Fsp3) is 0.0435. The van der Waals surface area contributed by atoms with E-state index in [1.807, 2.05) is 42.6 Å². The highest BCUT2D eigenvalue weighted by Crippen LogP contribution is 2.45. The van der Waals surface area contributed by atoms with Gasteiger partial charge < -0.3 is 14.2 Å². The van der Waals surface area contributed by atoms with E-state index in [-0.39, 0.29) is 0 Å². The molecule has 0 N–H and O–H groups in total. The molecule has 0 bridgehead atoms. The van der Waals surface area contributed by atoms with E-state index < -0.39 is 0 Å². The Morgan fingerprint density at radius 2 is 1.57 bits per heavy atom. The molecule has 0 saturated carbocycles. The Labute approximate surface area is 161 Å². The van der Waals surface area contributed by atoms with Crippen molar-refractivity contribution in [3.05, 3.63) is 85.3 Å². The van der Waals surface area contributed by atoms with E-state index >= 15 is 0 Å². The highest BCUT2D eigenvalue weighted by atomic mass is 16.3. The molecule has 5 nitrogen and oxygen atoms in total. The van der Waals surface area contributed by atoms with E-state index in [1.54, 1.807) is 6.33 Å². The number of benzene rings is 3. The van der Waals surface area contributed by atoms with E-state index in [0.717, 1.165) is 44.8 Å². The normalized spacial score (nSPS) is 13.4. The van der Waals surface area contributed by atoms with Crippen molar-refractivity contribution < 1.29 is 4.42 Å². The van der Waals surface area contributed by atoms with Gasteiger partial charge in [0, 0.05) is 16.5 Å². The summed E-state index contributed by atoms with van der Waals surface area (Å²) in [5, 5.41) is 2.24. The average molecular weight is 364 g/mol. The molecule has 0 atom stereocenters. The zero-order valence-corrected chi connectivity index (χ0v) is 15.0. The summed E-state index contributed by atoms with van der Waals surface area (Å²) in [6.45, 7) is 0.647. The summed E-state index contributed by atoms with van der Waals surface area (Å²) >= 11 is 0. The van der Waals surface area contributed by atoms with Gasteiger partial charge in [-0.15, -0.1) is 0 Å². The van der Waals surface area contributed by atoms with Crippen molar-refractivity contribution in [2.75, 3.05) is 16.5 Å². The predicted octanol–water partition coefficient (Wildman–Crippen LogP) is 5.62. The number of aromatic nitrogens is 2. The second-order valence-corrected chi connectivity index (χ2v) is 6.82. The van der Waals surface area contributed by atoms with Crippen molar-refractivity contribution in [1.29, 1.82) is 0 Å². The Morgan fingerprint density at radius 3 is 2.50 bits per heavy atom. The monoisotopic (exact) mass is 364 g/mol. The molecule has 0 unspecified atom stereocenters. The summed E-state index contributed by atoms with van der Waals surface area (Å²) in [4.78, 5) is 13.2. The van der Waals surface area contributed by atoms with Crippen LogP contribution < -0.4 is 9.80 Å². The van der Waals surface area contributed by atoms with Gasteiger partial charge in [-0.1, -0.05) is 48.5 Å². The predicted molar refractivity (Wildman–Crippen MR) is 111 cm³/mol. The second kappa shape index (κ2) is 5.82. The molecule has 0 spiro atoms. The lowest BCUT2D eigenvalue weighted by molar-refractivity contribution is 0.668. The van der Waals surface area contributed by atoms with Gasteiger partial charge in [-0.25, -0.2) is 9.97 Å². The van der Waals surface area contributed by atoms with Gasteiger partial charge in [-0.2, -0.15) is 0 Å². The first-order valence-electron chi connectivity index (χ1n) is 9.20. The summed E-state index contributed by atoms with van der Waals surface area (Å²) < 4.78 is 6.25.